The Morgan fingerprint density at radius 1 is 1.34 bits per heavy atom. The minimum Gasteiger partial charge on any atom is -0.467 e. The molecule has 1 saturated carbocycles. The van der Waals surface area contributed by atoms with Crippen LogP contribution >= 0.6 is 0 Å². The Kier molecular flexibility index (Phi) is 4.81. The number of carbonyl (C=O) groups is 1. The summed E-state index contributed by atoms with van der Waals surface area (Å²) < 4.78 is 43.1. The van der Waals surface area contributed by atoms with E-state index < -0.39 is 12.8 Å². The fraction of sp³-hybridized carbons (Fsp3) is 0.389. The van der Waals surface area contributed by atoms with Gasteiger partial charge in [0.1, 0.15) is 5.82 Å². The van der Waals surface area contributed by atoms with Crippen molar-refractivity contribution in [1.82, 2.24) is 24.7 Å². The predicted octanol–water partition coefficient (Wildman–Crippen LogP) is 2.87. The molecular formula is C18H17F3N6O2. The first kappa shape index (κ1) is 19.1. The molecule has 1 aliphatic carbocycles. The first-order valence-corrected chi connectivity index (χ1v) is 8.93. The van der Waals surface area contributed by atoms with Gasteiger partial charge in [-0.2, -0.15) is 18.3 Å². The Balaban J connectivity index is 1.50. The van der Waals surface area contributed by atoms with Crippen molar-refractivity contribution in [2.75, 3.05) is 11.9 Å². The summed E-state index contributed by atoms with van der Waals surface area (Å²) in [6.45, 7) is 0.351. The zero-order valence-corrected chi connectivity index (χ0v) is 15.4. The van der Waals surface area contributed by atoms with E-state index in [0.717, 1.165) is 12.8 Å². The van der Waals surface area contributed by atoms with Crippen molar-refractivity contribution in [3.05, 3.63) is 36.0 Å². The van der Waals surface area contributed by atoms with Gasteiger partial charge in [0.05, 0.1) is 35.0 Å². The lowest BCUT2D eigenvalue weighted by Gasteiger charge is -2.10. The second-order valence-electron chi connectivity index (χ2n) is 6.84. The van der Waals surface area contributed by atoms with Crippen LogP contribution in [0.3, 0.4) is 0 Å². The largest absolute Gasteiger partial charge is 0.467 e. The molecule has 8 nitrogen and oxygen atoms in total. The standard InChI is InChI=1S/C18H17F3N6O2/c1-10-17(29-9-18(19,20)21)23-6-12(24-10)7-27-8-13-14(26-27)4-5-22-15(13)25-16(28)11-2-3-11/h4-6,8,11H,2-3,7,9H2,1H3,(H,22,25,28). The Labute approximate surface area is 163 Å². The highest BCUT2D eigenvalue weighted by atomic mass is 19.4. The number of ether oxygens (including phenoxy) is 1. The van der Waals surface area contributed by atoms with Crippen molar-refractivity contribution in [2.45, 2.75) is 32.5 Å². The van der Waals surface area contributed by atoms with Gasteiger partial charge in [0.2, 0.25) is 11.8 Å². The smallest absolute Gasteiger partial charge is 0.422 e. The number of rotatable bonds is 6. The van der Waals surface area contributed by atoms with Gasteiger partial charge < -0.3 is 10.1 Å². The highest BCUT2D eigenvalue weighted by Gasteiger charge is 2.30. The van der Waals surface area contributed by atoms with Crippen molar-refractivity contribution in [2.24, 2.45) is 5.92 Å². The van der Waals surface area contributed by atoms with E-state index in [2.05, 4.69) is 30.1 Å². The second-order valence-corrected chi connectivity index (χ2v) is 6.84. The number of alkyl halides is 3. The molecule has 11 heteroatoms. The maximum atomic E-state index is 12.3. The first-order chi connectivity index (χ1) is 13.8. The number of amides is 1. The molecule has 3 aromatic rings. The number of fused-ring (bicyclic) bond motifs is 1. The minimum atomic E-state index is -4.44. The molecule has 0 saturated heterocycles. The van der Waals surface area contributed by atoms with Gasteiger partial charge in [0, 0.05) is 18.3 Å². The molecule has 0 aromatic carbocycles. The number of carbonyl (C=O) groups excluding carboxylic acids is 1. The zero-order chi connectivity index (χ0) is 20.6. The number of anilines is 1. The molecule has 0 aliphatic heterocycles. The van der Waals surface area contributed by atoms with Crippen LogP contribution in [0.4, 0.5) is 19.0 Å². The molecule has 3 heterocycles. The number of hydrogen-bond donors (Lipinski definition) is 1. The number of nitrogens with one attached hydrogen (secondary N) is 1. The number of pyridine rings is 1. The Morgan fingerprint density at radius 3 is 2.83 bits per heavy atom. The third-order valence-electron chi connectivity index (χ3n) is 4.32. The van der Waals surface area contributed by atoms with E-state index in [9.17, 15) is 18.0 Å². The van der Waals surface area contributed by atoms with Gasteiger partial charge in [-0.15, -0.1) is 0 Å². The lowest BCUT2D eigenvalue weighted by molar-refractivity contribution is -0.154. The van der Waals surface area contributed by atoms with Gasteiger partial charge in [-0.1, -0.05) is 0 Å². The molecule has 0 radical (unpaired) electrons. The summed E-state index contributed by atoms with van der Waals surface area (Å²) in [5.74, 6) is 0.293. The number of halogens is 3. The van der Waals surface area contributed by atoms with Gasteiger partial charge in [0.25, 0.3) is 0 Å². The Morgan fingerprint density at radius 2 is 2.14 bits per heavy atom. The zero-order valence-electron chi connectivity index (χ0n) is 15.4. The van der Waals surface area contributed by atoms with Crippen LogP contribution in [0.5, 0.6) is 5.88 Å². The maximum Gasteiger partial charge on any atom is 0.422 e. The van der Waals surface area contributed by atoms with Crippen molar-refractivity contribution in [3.63, 3.8) is 0 Å². The van der Waals surface area contributed by atoms with Gasteiger partial charge >= 0.3 is 6.18 Å². The molecule has 4 rings (SSSR count). The topological polar surface area (TPSA) is 94.8 Å². The summed E-state index contributed by atoms with van der Waals surface area (Å²) in [7, 11) is 0. The summed E-state index contributed by atoms with van der Waals surface area (Å²) in [5.41, 5.74) is 1.41. The fourth-order valence-electron chi connectivity index (χ4n) is 2.79. The Hall–Kier alpha value is -3.24. The summed E-state index contributed by atoms with van der Waals surface area (Å²) in [6, 6.07) is 1.73. The van der Waals surface area contributed by atoms with E-state index in [-0.39, 0.29) is 29.9 Å². The molecule has 1 fully saturated rings. The summed E-state index contributed by atoms with van der Waals surface area (Å²) in [6.07, 6.45) is 1.99. The third kappa shape index (κ3) is 4.61. The molecular weight excluding hydrogens is 389 g/mol. The minimum absolute atomic E-state index is 0.0475. The first-order valence-electron chi connectivity index (χ1n) is 8.93. The summed E-state index contributed by atoms with van der Waals surface area (Å²) >= 11 is 0. The van der Waals surface area contributed by atoms with Crippen molar-refractivity contribution < 1.29 is 22.7 Å². The summed E-state index contributed by atoms with van der Waals surface area (Å²) in [4.78, 5) is 24.4. The van der Waals surface area contributed by atoms with Crippen LogP contribution in [0.2, 0.25) is 0 Å². The quantitative estimate of drug-likeness (QED) is 0.677. The van der Waals surface area contributed by atoms with Crippen LogP contribution in [0.25, 0.3) is 10.9 Å². The number of aryl methyl sites for hydroxylation is 1. The van der Waals surface area contributed by atoms with Gasteiger partial charge in [-0.3, -0.25) is 9.48 Å². The average Bonchev–Trinajstić information content (AvgIpc) is 3.41. The van der Waals surface area contributed by atoms with E-state index in [1.807, 2.05) is 0 Å². The van der Waals surface area contributed by atoms with Crippen LogP contribution in [0.1, 0.15) is 24.2 Å². The molecule has 3 aromatic heterocycles. The van der Waals surface area contributed by atoms with Gasteiger partial charge in [0.15, 0.2) is 6.61 Å². The monoisotopic (exact) mass is 406 g/mol. The molecule has 1 aliphatic rings. The lowest BCUT2D eigenvalue weighted by Crippen LogP contribution is -2.20. The molecule has 29 heavy (non-hydrogen) atoms. The van der Waals surface area contributed by atoms with Crippen LogP contribution in [-0.4, -0.2) is 43.4 Å². The van der Waals surface area contributed by atoms with E-state index in [0.29, 0.717) is 22.4 Å². The molecule has 1 N–H and O–H groups in total. The van der Waals surface area contributed by atoms with E-state index in [1.54, 1.807) is 23.1 Å². The number of aromatic nitrogens is 5. The molecule has 0 spiro atoms. The second kappa shape index (κ2) is 7.30. The van der Waals surface area contributed by atoms with Crippen LogP contribution < -0.4 is 10.1 Å². The van der Waals surface area contributed by atoms with Crippen molar-refractivity contribution >= 4 is 22.6 Å². The van der Waals surface area contributed by atoms with Gasteiger partial charge in [-0.05, 0) is 25.8 Å². The average molecular weight is 406 g/mol. The van der Waals surface area contributed by atoms with Crippen LogP contribution in [0.15, 0.2) is 24.7 Å². The number of nitrogens with zero attached hydrogens (tertiary/aromatic N) is 5. The number of hydrogen-bond acceptors (Lipinski definition) is 6. The molecule has 1 amide bonds. The van der Waals surface area contributed by atoms with Crippen molar-refractivity contribution in [1.29, 1.82) is 0 Å². The van der Waals surface area contributed by atoms with E-state index >= 15 is 0 Å². The highest BCUT2D eigenvalue weighted by molar-refractivity contribution is 6.00. The van der Waals surface area contributed by atoms with E-state index in [1.165, 1.54) is 13.1 Å². The third-order valence-corrected chi connectivity index (χ3v) is 4.32. The Bertz CT molecular complexity index is 1060. The fourth-order valence-corrected chi connectivity index (χ4v) is 2.79. The molecule has 0 bridgehead atoms. The summed E-state index contributed by atoms with van der Waals surface area (Å²) in [5, 5.41) is 7.95. The highest BCUT2D eigenvalue weighted by Crippen LogP contribution is 2.31. The van der Waals surface area contributed by atoms with Crippen molar-refractivity contribution in [3.8, 4) is 5.88 Å². The SMILES string of the molecule is Cc1nc(Cn2cc3c(NC(=O)C4CC4)nccc3n2)cnc1OCC(F)(F)F. The van der Waals surface area contributed by atoms with E-state index in [4.69, 9.17) is 0 Å². The maximum absolute atomic E-state index is 12.3. The normalized spacial score (nSPS) is 14.2. The molecule has 152 valence electrons. The molecule has 0 unspecified atom stereocenters. The lowest BCUT2D eigenvalue weighted by atomic mass is 10.3. The molecule has 0 atom stereocenters. The van der Waals surface area contributed by atoms with Crippen LogP contribution in [0, 0.1) is 12.8 Å². The predicted molar refractivity (Wildman–Crippen MR) is 96.3 cm³/mol. The van der Waals surface area contributed by atoms with Gasteiger partial charge in [-0.25, -0.2) is 15.0 Å². The van der Waals surface area contributed by atoms with Crippen LogP contribution in [-0.2, 0) is 11.3 Å².